The van der Waals surface area contributed by atoms with Crippen LogP contribution in [0.4, 0.5) is 0 Å². The van der Waals surface area contributed by atoms with E-state index in [4.69, 9.17) is 5.73 Å². The molecule has 0 radical (unpaired) electrons. The molecule has 2 N–H and O–H groups in total. The molecule has 82 valence electrons. The highest BCUT2D eigenvalue weighted by atomic mass is 14.8. The molecule has 2 atom stereocenters. The molecule has 1 aliphatic rings. The number of fused-ring (bicyclic) bond motifs is 1. The summed E-state index contributed by atoms with van der Waals surface area (Å²) >= 11 is 0. The normalized spacial score (nSPS) is 26.9. The molecule has 2 aromatic carbocycles. The van der Waals surface area contributed by atoms with Crippen molar-refractivity contribution < 1.29 is 0 Å². The van der Waals surface area contributed by atoms with Crippen LogP contribution in [0.2, 0.25) is 0 Å². The Morgan fingerprint density at radius 1 is 1.00 bits per heavy atom. The second-order valence-electron chi connectivity index (χ2n) is 5.43. The van der Waals surface area contributed by atoms with E-state index < -0.39 is 0 Å². The third kappa shape index (κ3) is 1.28. The van der Waals surface area contributed by atoms with Gasteiger partial charge in [-0.25, -0.2) is 0 Å². The van der Waals surface area contributed by atoms with Crippen LogP contribution in [0.5, 0.6) is 0 Å². The zero-order valence-corrected chi connectivity index (χ0v) is 9.77. The van der Waals surface area contributed by atoms with Crippen molar-refractivity contribution in [1.82, 2.24) is 0 Å². The monoisotopic (exact) mass is 211 g/mol. The van der Waals surface area contributed by atoms with Gasteiger partial charge in [0.25, 0.3) is 0 Å². The van der Waals surface area contributed by atoms with Gasteiger partial charge in [-0.15, -0.1) is 0 Å². The van der Waals surface area contributed by atoms with Gasteiger partial charge in [-0.05, 0) is 21.8 Å². The topological polar surface area (TPSA) is 26.0 Å². The Bertz CT molecular complexity index is 542. The quantitative estimate of drug-likeness (QED) is 0.769. The van der Waals surface area contributed by atoms with E-state index in [1.54, 1.807) is 0 Å². The SMILES string of the molecule is CC1(C)C(N)C1c1ccc2ccccc2c1. The third-order valence-electron chi connectivity index (χ3n) is 4.04. The average Bonchev–Trinajstić information content (AvgIpc) is 2.78. The van der Waals surface area contributed by atoms with Crippen LogP contribution in [0.3, 0.4) is 0 Å². The van der Waals surface area contributed by atoms with Gasteiger partial charge in [0.2, 0.25) is 0 Å². The Morgan fingerprint density at radius 3 is 2.25 bits per heavy atom. The van der Waals surface area contributed by atoms with Crippen LogP contribution in [0.15, 0.2) is 42.5 Å². The molecule has 0 aromatic heterocycles. The predicted molar refractivity (Wildman–Crippen MR) is 68.4 cm³/mol. The van der Waals surface area contributed by atoms with Crippen LogP contribution in [0, 0.1) is 5.41 Å². The van der Waals surface area contributed by atoms with E-state index in [0.29, 0.717) is 12.0 Å². The highest BCUT2D eigenvalue weighted by molar-refractivity contribution is 5.83. The predicted octanol–water partition coefficient (Wildman–Crippen LogP) is 3.29. The fraction of sp³-hybridized carbons (Fsp3) is 0.333. The Labute approximate surface area is 96.3 Å². The van der Waals surface area contributed by atoms with Gasteiger partial charge in [0, 0.05) is 12.0 Å². The van der Waals surface area contributed by atoms with Gasteiger partial charge in [-0.3, -0.25) is 0 Å². The van der Waals surface area contributed by atoms with E-state index in [2.05, 4.69) is 56.3 Å². The molecule has 0 spiro atoms. The van der Waals surface area contributed by atoms with Gasteiger partial charge in [0.15, 0.2) is 0 Å². The zero-order valence-electron chi connectivity index (χ0n) is 9.77. The van der Waals surface area contributed by atoms with Crippen LogP contribution in [-0.2, 0) is 0 Å². The molecule has 0 heterocycles. The largest absolute Gasteiger partial charge is 0.327 e. The molecule has 2 unspecified atom stereocenters. The highest BCUT2D eigenvalue weighted by Crippen LogP contribution is 2.57. The van der Waals surface area contributed by atoms with Crippen molar-refractivity contribution in [2.45, 2.75) is 25.8 Å². The molecule has 0 aliphatic heterocycles. The second-order valence-corrected chi connectivity index (χ2v) is 5.43. The molecule has 3 rings (SSSR count). The van der Waals surface area contributed by atoms with Crippen molar-refractivity contribution in [2.75, 3.05) is 0 Å². The minimum Gasteiger partial charge on any atom is -0.327 e. The maximum atomic E-state index is 6.12. The van der Waals surface area contributed by atoms with Crippen molar-refractivity contribution in [2.24, 2.45) is 11.1 Å². The standard InChI is InChI=1S/C15H17N/c1-15(2)13(14(15)16)12-8-7-10-5-3-4-6-11(10)9-12/h3-9,13-14H,16H2,1-2H3. The third-order valence-corrected chi connectivity index (χ3v) is 4.04. The average molecular weight is 211 g/mol. The van der Waals surface area contributed by atoms with Gasteiger partial charge < -0.3 is 5.73 Å². The van der Waals surface area contributed by atoms with Crippen LogP contribution in [-0.4, -0.2) is 6.04 Å². The number of hydrogen-bond donors (Lipinski definition) is 1. The number of nitrogens with two attached hydrogens (primary N) is 1. The molecule has 1 aliphatic carbocycles. The van der Waals surface area contributed by atoms with Gasteiger partial charge in [-0.2, -0.15) is 0 Å². The van der Waals surface area contributed by atoms with E-state index in [0.717, 1.165) is 0 Å². The highest BCUT2D eigenvalue weighted by Gasteiger charge is 2.55. The summed E-state index contributed by atoms with van der Waals surface area (Å²) in [6.07, 6.45) is 0. The Morgan fingerprint density at radius 2 is 1.62 bits per heavy atom. The van der Waals surface area contributed by atoms with E-state index in [-0.39, 0.29) is 5.41 Å². The fourth-order valence-corrected chi connectivity index (χ4v) is 2.72. The van der Waals surface area contributed by atoms with Gasteiger partial charge in [-0.1, -0.05) is 56.3 Å². The van der Waals surface area contributed by atoms with Crippen LogP contribution >= 0.6 is 0 Å². The minimum atomic E-state index is 0.266. The summed E-state index contributed by atoms with van der Waals surface area (Å²) in [5.41, 5.74) is 7.77. The smallest absolute Gasteiger partial charge is 0.0172 e. The first-order valence-electron chi connectivity index (χ1n) is 5.85. The fourth-order valence-electron chi connectivity index (χ4n) is 2.72. The van der Waals surface area contributed by atoms with E-state index >= 15 is 0 Å². The summed E-state index contributed by atoms with van der Waals surface area (Å²) in [5.74, 6) is 0.525. The molecule has 1 heteroatoms. The maximum Gasteiger partial charge on any atom is 0.0172 e. The van der Waals surface area contributed by atoms with Crippen LogP contribution in [0.25, 0.3) is 10.8 Å². The van der Waals surface area contributed by atoms with Crippen LogP contribution in [0.1, 0.15) is 25.3 Å². The molecule has 1 saturated carbocycles. The van der Waals surface area contributed by atoms with Gasteiger partial charge in [0.1, 0.15) is 0 Å². The lowest BCUT2D eigenvalue weighted by Crippen LogP contribution is -2.06. The first-order valence-corrected chi connectivity index (χ1v) is 5.85. The lowest BCUT2D eigenvalue weighted by molar-refractivity contribution is 0.599. The molecular formula is C15H17N. The van der Waals surface area contributed by atoms with E-state index in [9.17, 15) is 0 Å². The molecular weight excluding hydrogens is 194 g/mol. The lowest BCUT2D eigenvalue weighted by atomic mass is 10.00. The van der Waals surface area contributed by atoms with E-state index in [1.807, 2.05) is 0 Å². The summed E-state index contributed by atoms with van der Waals surface area (Å²) in [6, 6.07) is 15.5. The van der Waals surface area contributed by atoms with Crippen molar-refractivity contribution in [3.8, 4) is 0 Å². The molecule has 16 heavy (non-hydrogen) atoms. The number of benzene rings is 2. The second kappa shape index (κ2) is 3.08. The lowest BCUT2D eigenvalue weighted by Gasteiger charge is -2.04. The Hall–Kier alpha value is -1.34. The summed E-state index contributed by atoms with van der Waals surface area (Å²) in [4.78, 5) is 0. The molecule has 2 aromatic rings. The summed E-state index contributed by atoms with van der Waals surface area (Å²) in [6.45, 7) is 4.50. The first kappa shape index (κ1) is 9.86. The number of hydrogen-bond acceptors (Lipinski definition) is 1. The Kier molecular flexibility index (Phi) is 1.90. The number of rotatable bonds is 1. The van der Waals surface area contributed by atoms with Crippen LogP contribution < -0.4 is 5.73 Å². The van der Waals surface area contributed by atoms with Gasteiger partial charge in [0.05, 0.1) is 0 Å². The van der Waals surface area contributed by atoms with Crippen molar-refractivity contribution in [3.63, 3.8) is 0 Å². The van der Waals surface area contributed by atoms with Crippen molar-refractivity contribution in [1.29, 1.82) is 0 Å². The molecule has 1 fully saturated rings. The Balaban J connectivity index is 2.07. The molecule has 0 amide bonds. The summed E-state index contributed by atoms with van der Waals surface area (Å²) in [7, 11) is 0. The maximum absolute atomic E-state index is 6.12. The van der Waals surface area contributed by atoms with Crippen molar-refractivity contribution >= 4 is 10.8 Å². The molecule has 0 bridgehead atoms. The summed E-state index contributed by atoms with van der Waals surface area (Å²) < 4.78 is 0. The van der Waals surface area contributed by atoms with Crippen molar-refractivity contribution in [3.05, 3.63) is 48.0 Å². The van der Waals surface area contributed by atoms with Gasteiger partial charge >= 0.3 is 0 Å². The minimum absolute atomic E-state index is 0.266. The zero-order chi connectivity index (χ0) is 11.3. The summed E-state index contributed by atoms with van der Waals surface area (Å²) in [5, 5.41) is 2.62. The molecule has 0 saturated heterocycles. The first-order chi connectivity index (χ1) is 7.60. The van der Waals surface area contributed by atoms with E-state index in [1.165, 1.54) is 16.3 Å². The molecule has 1 nitrogen and oxygen atoms in total.